The average molecular weight is 224 g/mol. The van der Waals surface area contributed by atoms with E-state index in [0.717, 1.165) is 0 Å². The molecule has 0 heterocycles. The Bertz CT molecular complexity index is 198. The summed E-state index contributed by atoms with van der Waals surface area (Å²) in [4.78, 5) is 22.7. The lowest BCUT2D eigenvalue weighted by atomic mass is 10.4. The molecule has 0 atom stereocenters. The first-order valence-electron chi connectivity index (χ1n) is 4.15. The maximum atomic E-state index is 11.0. The Morgan fingerprint density at radius 1 is 1.36 bits per heavy atom. The SMILES string of the molecule is CC(=O)OCCCN(C)C(=O)OCCl. The quantitative estimate of drug-likeness (QED) is 0.399. The van der Waals surface area contributed by atoms with Gasteiger partial charge in [-0.25, -0.2) is 4.79 Å². The number of amides is 1. The number of halogens is 1. The molecule has 0 fully saturated rings. The van der Waals surface area contributed by atoms with Gasteiger partial charge in [-0.05, 0) is 6.42 Å². The van der Waals surface area contributed by atoms with Gasteiger partial charge in [-0.3, -0.25) is 4.79 Å². The summed E-state index contributed by atoms with van der Waals surface area (Å²) >= 11 is 5.20. The van der Waals surface area contributed by atoms with E-state index in [1.165, 1.54) is 11.8 Å². The van der Waals surface area contributed by atoms with E-state index in [4.69, 9.17) is 11.6 Å². The summed E-state index contributed by atoms with van der Waals surface area (Å²) in [5, 5.41) is 0. The molecule has 1 amide bonds. The Labute approximate surface area is 87.9 Å². The summed E-state index contributed by atoms with van der Waals surface area (Å²) in [6.07, 6.45) is 0.0934. The van der Waals surface area contributed by atoms with Crippen molar-refractivity contribution in [2.24, 2.45) is 0 Å². The number of hydrogen-bond donors (Lipinski definition) is 0. The van der Waals surface area contributed by atoms with Gasteiger partial charge in [0.05, 0.1) is 6.61 Å². The van der Waals surface area contributed by atoms with Crippen molar-refractivity contribution < 1.29 is 19.1 Å². The molecule has 0 aromatic carbocycles. The predicted octanol–water partition coefficient (Wildman–Crippen LogP) is 1.20. The van der Waals surface area contributed by atoms with Gasteiger partial charge in [0.2, 0.25) is 0 Å². The van der Waals surface area contributed by atoms with Gasteiger partial charge in [0.1, 0.15) is 0 Å². The first-order chi connectivity index (χ1) is 6.57. The van der Waals surface area contributed by atoms with Crippen LogP contribution in [-0.2, 0) is 14.3 Å². The van der Waals surface area contributed by atoms with Gasteiger partial charge >= 0.3 is 12.1 Å². The molecule has 14 heavy (non-hydrogen) atoms. The zero-order chi connectivity index (χ0) is 11.0. The van der Waals surface area contributed by atoms with Crippen molar-refractivity contribution in [3.63, 3.8) is 0 Å². The highest BCUT2D eigenvalue weighted by atomic mass is 35.5. The molecule has 0 aliphatic heterocycles. The lowest BCUT2D eigenvalue weighted by molar-refractivity contribution is -0.141. The molecule has 82 valence electrons. The Morgan fingerprint density at radius 3 is 2.50 bits per heavy atom. The normalized spacial score (nSPS) is 9.36. The van der Waals surface area contributed by atoms with Crippen LogP contribution in [0.1, 0.15) is 13.3 Å². The molecule has 0 aromatic heterocycles. The van der Waals surface area contributed by atoms with Crippen LogP contribution in [0.2, 0.25) is 0 Å². The molecule has 0 aliphatic rings. The Morgan fingerprint density at radius 2 is 2.00 bits per heavy atom. The first kappa shape index (κ1) is 13.0. The molecule has 0 saturated carbocycles. The van der Waals surface area contributed by atoms with E-state index >= 15 is 0 Å². The number of hydrogen-bond acceptors (Lipinski definition) is 4. The Hall–Kier alpha value is -0.970. The maximum Gasteiger partial charge on any atom is 0.410 e. The van der Waals surface area contributed by atoms with E-state index in [1.54, 1.807) is 7.05 Å². The second-order valence-electron chi connectivity index (χ2n) is 2.63. The van der Waals surface area contributed by atoms with E-state index < -0.39 is 6.09 Å². The molecule has 0 saturated heterocycles. The van der Waals surface area contributed by atoms with Crippen LogP contribution < -0.4 is 0 Å². The fraction of sp³-hybridized carbons (Fsp3) is 0.750. The van der Waals surface area contributed by atoms with Crippen molar-refractivity contribution in [2.45, 2.75) is 13.3 Å². The molecular weight excluding hydrogens is 210 g/mol. The zero-order valence-electron chi connectivity index (χ0n) is 8.29. The second kappa shape index (κ2) is 7.44. The first-order valence-corrected chi connectivity index (χ1v) is 4.68. The van der Waals surface area contributed by atoms with Gasteiger partial charge < -0.3 is 14.4 Å². The molecule has 0 unspecified atom stereocenters. The monoisotopic (exact) mass is 223 g/mol. The smallest absolute Gasteiger partial charge is 0.410 e. The minimum atomic E-state index is -0.483. The largest absolute Gasteiger partial charge is 0.466 e. The number of alkyl halides is 1. The van der Waals surface area contributed by atoms with Crippen molar-refractivity contribution in [1.29, 1.82) is 0 Å². The molecule has 0 N–H and O–H groups in total. The fourth-order valence-electron chi connectivity index (χ4n) is 0.766. The number of rotatable bonds is 5. The van der Waals surface area contributed by atoms with Gasteiger partial charge in [-0.1, -0.05) is 11.6 Å². The molecule has 0 aliphatic carbocycles. The van der Waals surface area contributed by atoms with Crippen LogP contribution in [0.3, 0.4) is 0 Å². The minimum absolute atomic E-state index is 0.160. The van der Waals surface area contributed by atoms with Crippen LogP contribution >= 0.6 is 11.6 Å². The zero-order valence-corrected chi connectivity index (χ0v) is 9.04. The highest BCUT2D eigenvalue weighted by Crippen LogP contribution is 1.94. The van der Waals surface area contributed by atoms with Gasteiger partial charge in [0.25, 0.3) is 0 Å². The van der Waals surface area contributed by atoms with E-state index in [0.29, 0.717) is 19.6 Å². The van der Waals surface area contributed by atoms with Gasteiger partial charge in [-0.15, -0.1) is 0 Å². The number of esters is 1. The van der Waals surface area contributed by atoms with E-state index in [-0.39, 0.29) is 12.0 Å². The molecule has 0 spiro atoms. The summed E-state index contributed by atoms with van der Waals surface area (Å²) in [7, 11) is 1.59. The predicted molar refractivity (Wildman–Crippen MR) is 51.1 cm³/mol. The number of carbonyl (C=O) groups excluding carboxylic acids is 2. The molecule has 0 aromatic rings. The molecule has 5 nitrogen and oxygen atoms in total. The van der Waals surface area contributed by atoms with Crippen molar-refractivity contribution in [3.8, 4) is 0 Å². The standard InChI is InChI=1S/C8H14ClNO4/c1-7(11)13-5-3-4-10(2)8(12)14-6-9/h3-6H2,1-2H3. The molecule has 0 radical (unpaired) electrons. The van der Waals surface area contributed by atoms with Crippen LogP contribution in [0.15, 0.2) is 0 Å². The average Bonchev–Trinajstić information content (AvgIpc) is 2.12. The van der Waals surface area contributed by atoms with Gasteiger partial charge in [-0.2, -0.15) is 0 Å². The van der Waals surface area contributed by atoms with Crippen LogP contribution in [0.25, 0.3) is 0 Å². The van der Waals surface area contributed by atoms with E-state index in [2.05, 4.69) is 9.47 Å². The Balaban J connectivity index is 3.48. The number of ether oxygens (including phenoxy) is 2. The minimum Gasteiger partial charge on any atom is -0.466 e. The van der Waals surface area contributed by atoms with Crippen LogP contribution in [-0.4, -0.2) is 43.2 Å². The highest BCUT2D eigenvalue weighted by molar-refractivity contribution is 6.17. The lowest BCUT2D eigenvalue weighted by Gasteiger charge is -2.15. The van der Waals surface area contributed by atoms with E-state index in [1.807, 2.05) is 0 Å². The summed E-state index contributed by atoms with van der Waals surface area (Å²) in [5.74, 6) is -0.323. The third kappa shape index (κ3) is 6.54. The maximum absolute atomic E-state index is 11.0. The molecule has 0 bridgehead atoms. The van der Waals surface area contributed by atoms with Gasteiger partial charge in [0.15, 0.2) is 6.07 Å². The second-order valence-corrected chi connectivity index (χ2v) is 2.85. The third-order valence-electron chi connectivity index (χ3n) is 1.43. The van der Waals surface area contributed by atoms with Crippen molar-refractivity contribution in [1.82, 2.24) is 4.90 Å². The summed E-state index contributed by atoms with van der Waals surface area (Å²) in [6.45, 7) is 2.10. The topological polar surface area (TPSA) is 55.8 Å². The fourth-order valence-corrected chi connectivity index (χ4v) is 0.859. The van der Waals surface area contributed by atoms with Crippen molar-refractivity contribution in [2.75, 3.05) is 26.3 Å². The number of nitrogens with zero attached hydrogens (tertiary/aromatic N) is 1. The van der Waals surface area contributed by atoms with Gasteiger partial charge in [0, 0.05) is 20.5 Å². The summed E-state index contributed by atoms with van der Waals surface area (Å²) in [5.41, 5.74) is 0. The van der Waals surface area contributed by atoms with Crippen LogP contribution in [0, 0.1) is 0 Å². The molecule has 0 rings (SSSR count). The number of carbonyl (C=O) groups is 2. The molecular formula is C8H14ClNO4. The highest BCUT2D eigenvalue weighted by Gasteiger charge is 2.08. The van der Waals surface area contributed by atoms with E-state index in [9.17, 15) is 9.59 Å². The van der Waals surface area contributed by atoms with Crippen molar-refractivity contribution in [3.05, 3.63) is 0 Å². The third-order valence-corrected chi connectivity index (χ3v) is 1.54. The van der Waals surface area contributed by atoms with Crippen molar-refractivity contribution >= 4 is 23.7 Å². The van der Waals surface area contributed by atoms with Crippen LogP contribution in [0.4, 0.5) is 4.79 Å². The Kier molecular flexibility index (Phi) is 6.92. The molecule has 6 heteroatoms. The lowest BCUT2D eigenvalue weighted by Crippen LogP contribution is -2.28. The summed E-state index contributed by atoms with van der Waals surface area (Å²) < 4.78 is 9.21. The van der Waals surface area contributed by atoms with Crippen LogP contribution in [0.5, 0.6) is 0 Å². The summed E-state index contributed by atoms with van der Waals surface area (Å²) in [6, 6.07) is -0.160.